The summed E-state index contributed by atoms with van der Waals surface area (Å²) >= 11 is 0. The predicted octanol–water partition coefficient (Wildman–Crippen LogP) is 7.07. The first kappa shape index (κ1) is 36.2. The lowest BCUT2D eigenvalue weighted by Gasteiger charge is -2.34. The molecule has 2 amide bonds. The Morgan fingerprint density at radius 2 is 1.50 bits per heavy atom. The van der Waals surface area contributed by atoms with Gasteiger partial charge in [0, 0.05) is 19.0 Å². The van der Waals surface area contributed by atoms with Gasteiger partial charge >= 0.3 is 6.18 Å². The molecule has 1 N–H and O–H groups in total. The zero-order chi connectivity index (χ0) is 35.1. The summed E-state index contributed by atoms with van der Waals surface area (Å²) in [7, 11) is -4.55. The summed E-state index contributed by atoms with van der Waals surface area (Å²) in [6.07, 6.45) is -4.01. The quantitative estimate of drug-likeness (QED) is 0.164. The summed E-state index contributed by atoms with van der Waals surface area (Å²) in [6, 6.07) is 24.8. The average molecular weight is 680 g/mol. The molecule has 254 valence electrons. The van der Waals surface area contributed by atoms with Gasteiger partial charge in [0.05, 0.1) is 16.1 Å². The van der Waals surface area contributed by atoms with E-state index in [1.165, 1.54) is 23.1 Å². The first-order valence-electron chi connectivity index (χ1n) is 15.7. The Morgan fingerprint density at radius 3 is 2.12 bits per heavy atom. The monoisotopic (exact) mass is 679 g/mol. The van der Waals surface area contributed by atoms with Gasteiger partial charge in [-0.1, -0.05) is 85.3 Å². The Balaban J connectivity index is 1.86. The van der Waals surface area contributed by atoms with Crippen molar-refractivity contribution in [2.75, 3.05) is 10.8 Å². The summed E-state index contributed by atoms with van der Waals surface area (Å²) in [4.78, 5) is 29.6. The molecular formula is C37H40F3N3O4S. The number of nitrogens with one attached hydrogen (secondary N) is 1. The Bertz CT molecular complexity index is 1810. The van der Waals surface area contributed by atoms with Gasteiger partial charge in [-0.05, 0) is 74.2 Å². The molecule has 7 nitrogen and oxygen atoms in total. The Hall–Kier alpha value is -4.64. The van der Waals surface area contributed by atoms with Crippen molar-refractivity contribution in [1.82, 2.24) is 10.2 Å². The fraction of sp³-hybridized carbons (Fsp3) is 0.297. The van der Waals surface area contributed by atoms with Crippen molar-refractivity contribution in [2.45, 2.75) is 70.2 Å². The Kier molecular flexibility index (Phi) is 11.7. The van der Waals surface area contributed by atoms with Gasteiger partial charge in [0.15, 0.2) is 0 Å². The van der Waals surface area contributed by atoms with Crippen LogP contribution in [-0.4, -0.2) is 43.8 Å². The number of hydrogen-bond acceptors (Lipinski definition) is 4. The van der Waals surface area contributed by atoms with Crippen LogP contribution in [0.3, 0.4) is 0 Å². The van der Waals surface area contributed by atoms with E-state index in [9.17, 15) is 31.2 Å². The molecule has 0 fully saturated rings. The zero-order valence-electron chi connectivity index (χ0n) is 27.4. The highest BCUT2D eigenvalue weighted by Crippen LogP contribution is 2.33. The number of carbonyl (C=O) groups excluding carboxylic acids is 2. The molecule has 0 aliphatic rings. The molecular weight excluding hydrogens is 639 g/mol. The number of hydrogen-bond donors (Lipinski definition) is 1. The molecule has 0 bridgehead atoms. The van der Waals surface area contributed by atoms with Gasteiger partial charge in [-0.3, -0.25) is 13.9 Å². The number of amides is 2. The van der Waals surface area contributed by atoms with E-state index >= 15 is 0 Å². The van der Waals surface area contributed by atoms with Crippen LogP contribution in [0.25, 0.3) is 0 Å². The Morgan fingerprint density at radius 1 is 0.854 bits per heavy atom. The molecule has 0 aromatic heterocycles. The highest BCUT2D eigenvalue weighted by Gasteiger charge is 2.36. The number of aryl methyl sites for hydroxylation is 2. The zero-order valence-corrected chi connectivity index (χ0v) is 28.2. The minimum absolute atomic E-state index is 0.0437. The van der Waals surface area contributed by atoms with Crippen LogP contribution < -0.4 is 9.62 Å². The average Bonchev–Trinajstić information content (AvgIpc) is 3.06. The number of halogens is 3. The normalized spacial score (nSPS) is 13.0. The van der Waals surface area contributed by atoms with Gasteiger partial charge in [0.1, 0.15) is 12.6 Å². The molecule has 2 atom stereocenters. The lowest BCUT2D eigenvalue weighted by atomic mass is 10.0. The third kappa shape index (κ3) is 9.03. The van der Waals surface area contributed by atoms with Crippen LogP contribution in [0.5, 0.6) is 0 Å². The molecule has 0 radical (unpaired) electrons. The van der Waals surface area contributed by atoms with E-state index in [4.69, 9.17) is 0 Å². The molecule has 48 heavy (non-hydrogen) atoms. The molecule has 0 heterocycles. The van der Waals surface area contributed by atoms with Gasteiger partial charge in [0.25, 0.3) is 10.0 Å². The minimum Gasteiger partial charge on any atom is -0.352 e. The van der Waals surface area contributed by atoms with E-state index in [0.717, 1.165) is 34.4 Å². The number of nitrogens with zero attached hydrogens (tertiary/aromatic N) is 2. The number of rotatable bonds is 13. The first-order valence-corrected chi connectivity index (χ1v) is 17.1. The fourth-order valence-electron chi connectivity index (χ4n) is 5.17. The van der Waals surface area contributed by atoms with E-state index < -0.39 is 46.2 Å². The molecule has 4 rings (SSSR count). The molecule has 0 unspecified atom stereocenters. The summed E-state index contributed by atoms with van der Waals surface area (Å²) in [6.45, 7) is 6.49. The van der Waals surface area contributed by atoms with Crippen molar-refractivity contribution in [2.24, 2.45) is 0 Å². The number of carbonyl (C=O) groups is 2. The smallest absolute Gasteiger partial charge is 0.352 e. The summed E-state index contributed by atoms with van der Waals surface area (Å²) < 4.78 is 70.4. The van der Waals surface area contributed by atoms with Crippen LogP contribution >= 0.6 is 0 Å². The van der Waals surface area contributed by atoms with E-state index in [1.807, 2.05) is 69.3 Å². The van der Waals surface area contributed by atoms with Gasteiger partial charge in [0.2, 0.25) is 11.8 Å². The van der Waals surface area contributed by atoms with Crippen molar-refractivity contribution >= 4 is 27.5 Å². The van der Waals surface area contributed by atoms with Crippen LogP contribution in [0.1, 0.15) is 48.1 Å². The first-order chi connectivity index (χ1) is 22.7. The molecule has 0 saturated carbocycles. The molecule has 4 aromatic rings. The topological polar surface area (TPSA) is 86.8 Å². The van der Waals surface area contributed by atoms with Crippen LogP contribution in [0, 0.1) is 13.8 Å². The fourth-order valence-corrected chi connectivity index (χ4v) is 6.58. The summed E-state index contributed by atoms with van der Waals surface area (Å²) in [5, 5.41) is 2.97. The second-order valence-corrected chi connectivity index (χ2v) is 13.7. The van der Waals surface area contributed by atoms with Crippen molar-refractivity contribution in [3.8, 4) is 0 Å². The molecule has 11 heteroatoms. The number of alkyl halides is 3. The van der Waals surface area contributed by atoms with Crippen LogP contribution in [0.15, 0.2) is 108 Å². The van der Waals surface area contributed by atoms with E-state index in [2.05, 4.69) is 5.32 Å². The van der Waals surface area contributed by atoms with E-state index in [0.29, 0.717) is 16.8 Å². The number of anilines is 1. The van der Waals surface area contributed by atoms with Gasteiger partial charge in [-0.2, -0.15) is 13.2 Å². The highest BCUT2D eigenvalue weighted by atomic mass is 32.2. The van der Waals surface area contributed by atoms with Crippen LogP contribution in [0.2, 0.25) is 0 Å². The number of benzene rings is 4. The van der Waals surface area contributed by atoms with E-state index in [-0.39, 0.29) is 29.6 Å². The second kappa shape index (κ2) is 15.5. The number of sulfonamides is 1. The SMILES string of the molecule is CC[C@H](C)NC(=O)[C@H](Cc1ccccc1)N(Cc1ccccc1C)C(=O)CN(c1cccc(C(F)(F)F)c1)S(=O)(=O)c1ccc(C)cc1. The van der Waals surface area contributed by atoms with Gasteiger partial charge in [-0.25, -0.2) is 8.42 Å². The Labute approximate surface area is 280 Å². The summed E-state index contributed by atoms with van der Waals surface area (Å²) in [5.41, 5.74) is 1.72. The molecule has 4 aromatic carbocycles. The van der Waals surface area contributed by atoms with Crippen molar-refractivity contribution in [1.29, 1.82) is 0 Å². The van der Waals surface area contributed by atoms with E-state index in [1.54, 1.807) is 25.1 Å². The highest BCUT2D eigenvalue weighted by molar-refractivity contribution is 7.92. The standard InChI is InChI=1S/C37H40F3N3O4S/c1-5-28(4)41-36(45)34(22-29-13-7-6-8-14-29)42(24-30-15-10-9-12-27(30)3)35(44)25-43(32-17-11-16-31(23-32)37(38,39)40)48(46,47)33-20-18-26(2)19-21-33/h6-21,23,28,34H,5,22,24-25H2,1-4H3,(H,41,45)/t28-,34-/m0/s1. The van der Waals surface area contributed by atoms with Gasteiger partial charge < -0.3 is 10.2 Å². The molecule has 0 aliphatic heterocycles. The van der Waals surface area contributed by atoms with Crippen LogP contribution in [-0.2, 0) is 38.8 Å². The maximum Gasteiger partial charge on any atom is 0.416 e. The summed E-state index contributed by atoms with van der Waals surface area (Å²) in [5.74, 6) is -1.19. The van der Waals surface area contributed by atoms with Crippen molar-refractivity contribution in [3.05, 3.63) is 131 Å². The minimum atomic E-state index is -4.76. The van der Waals surface area contributed by atoms with Crippen molar-refractivity contribution < 1.29 is 31.2 Å². The van der Waals surface area contributed by atoms with Gasteiger partial charge in [-0.15, -0.1) is 0 Å². The lowest BCUT2D eigenvalue weighted by Crippen LogP contribution is -2.54. The maximum absolute atomic E-state index is 14.6. The largest absolute Gasteiger partial charge is 0.416 e. The third-order valence-electron chi connectivity index (χ3n) is 8.22. The molecule has 0 aliphatic carbocycles. The molecule has 0 saturated heterocycles. The van der Waals surface area contributed by atoms with Crippen LogP contribution in [0.4, 0.5) is 18.9 Å². The molecule has 0 spiro atoms. The maximum atomic E-state index is 14.6. The lowest BCUT2D eigenvalue weighted by molar-refractivity contribution is -0.140. The van der Waals surface area contributed by atoms with Crippen molar-refractivity contribution in [3.63, 3.8) is 0 Å². The predicted molar refractivity (Wildman–Crippen MR) is 181 cm³/mol. The third-order valence-corrected chi connectivity index (χ3v) is 10.0. The second-order valence-electron chi connectivity index (χ2n) is 11.8.